The van der Waals surface area contributed by atoms with Crippen molar-refractivity contribution >= 4 is 0 Å². The Kier molecular flexibility index (Phi) is 3.45. The Bertz CT molecular complexity index is 175. The van der Waals surface area contributed by atoms with Gasteiger partial charge in [-0.25, -0.2) is 0 Å². The van der Waals surface area contributed by atoms with Crippen LogP contribution in [0, 0.1) is 5.92 Å². The molecule has 0 spiro atoms. The average molecular weight is 197 g/mol. The fourth-order valence-corrected chi connectivity index (χ4v) is 2.68. The summed E-state index contributed by atoms with van der Waals surface area (Å²) in [4.78, 5) is 0. The molecular weight excluding hydrogens is 174 g/mol. The molecule has 2 unspecified atom stereocenters. The van der Waals surface area contributed by atoms with Crippen molar-refractivity contribution in [3.63, 3.8) is 0 Å². The number of rotatable bonds is 2. The minimum absolute atomic E-state index is 0.425. The fourth-order valence-electron chi connectivity index (χ4n) is 2.68. The Morgan fingerprint density at radius 2 is 1.71 bits per heavy atom. The van der Waals surface area contributed by atoms with Gasteiger partial charge in [0.2, 0.25) is 0 Å². The first kappa shape index (κ1) is 10.4. The summed E-state index contributed by atoms with van der Waals surface area (Å²) in [6, 6.07) is 1.38. The highest BCUT2D eigenvalue weighted by Crippen LogP contribution is 2.25. The summed E-state index contributed by atoms with van der Waals surface area (Å²) in [5, 5.41) is 3.76. The summed E-state index contributed by atoms with van der Waals surface area (Å²) in [6.07, 6.45) is 7.16. The zero-order valence-corrected chi connectivity index (χ0v) is 9.46. The third-order valence-corrected chi connectivity index (χ3v) is 3.84. The van der Waals surface area contributed by atoms with Gasteiger partial charge in [-0.3, -0.25) is 0 Å². The number of ether oxygens (including phenoxy) is 1. The maximum absolute atomic E-state index is 5.57. The van der Waals surface area contributed by atoms with E-state index in [9.17, 15) is 0 Å². The van der Waals surface area contributed by atoms with Gasteiger partial charge in [0.25, 0.3) is 0 Å². The highest BCUT2D eigenvalue weighted by atomic mass is 16.5. The molecule has 0 aromatic carbocycles. The molecule has 1 saturated heterocycles. The molecule has 0 radical (unpaired) electrons. The second-order valence-corrected chi connectivity index (χ2v) is 5.09. The van der Waals surface area contributed by atoms with Crippen molar-refractivity contribution in [1.82, 2.24) is 5.32 Å². The zero-order valence-electron chi connectivity index (χ0n) is 9.46. The van der Waals surface area contributed by atoms with Crippen molar-refractivity contribution in [2.45, 2.75) is 64.1 Å². The van der Waals surface area contributed by atoms with Gasteiger partial charge in [0.05, 0.1) is 6.10 Å². The van der Waals surface area contributed by atoms with E-state index in [1.54, 1.807) is 0 Å². The van der Waals surface area contributed by atoms with Crippen LogP contribution in [0.2, 0.25) is 0 Å². The minimum Gasteiger partial charge on any atom is -0.377 e. The van der Waals surface area contributed by atoms with Crippen molar-refractivity contribution < 1.29 is 4.74 Å². The first-order valence-electron chi connectivity index (χ1n) is 6.13. The molecule has 2 aliphatic rings. The topological polar surface area (TPSA) is 21.3 Å². The third-order valence-electron chi connectivity index (χ3n) is 3.84. The predicted molar refractivity (Wildman–Crippen MR) is 58.4 cm³/mol. The molecule has 14 heavy (non-hydrogen) atoms. The average Bonchev–Trinajstić information content (AvgIpc) is 2.56. The third kappa shape index (κ3) is 2.48. The van der Waals surface area contributed by atoms with Crippen molar-refractivity contribution in [2.24, 2.45) is 5.92 Å². The van der Waals surface area contributed by atoms with E-state index < -0.39 is 0 Å². The normalized spacial score (nSPS) is 44.1. The molecule has 0 bridgehead atoms. The van der Waals surface area contributed by atoms with Crippen molar-refractivity contribution in [3.05, 3.63) is 0 Å². The van der Waals surface area contributed by atoms with Gasteiger partial charge in [-0.1, -0.05) is 6.92 Å². The van der Waals surface area contributed by atoms with E-state index in [0.29, 0.717) is 12.1 Å². The van der Waals surface area contributed by atoms with Crippen molar-refractivity contribution in [1.29, 1.82) is 0 Å². The molecule has 1 aliphatic carbocycles. The lowest BCUT2D eigenvalue weighted by atomic mass is 9.87. The van der Waals surface area contributed by atoms with Crippen molar-refractivity contribution in [2.75, 3.05) is 6.61 Å². The van der Waals surface area contributed by atoms with E-state index in [0.717, 1.165) is 18.6 Å². The molecular formula is C12H23NO. The smallest absolute Gasteiger partial charge is 0.0700 e. The van der Waals surface area contributed by atoms with Crippen LogP contribution in [-0.4, -0.2) is 24.8 Å². The Labute approximate surface area is 87.4 Å². The summed E-state index contributed by atoms with van der Waals surface area (Å²) in [5.41, 5.74) is 0. The Balaban J connectivity index is 1.74. The van der Waals surface area contributed by atoms with Crippen LogP contribution in [0.15, 0.2) is 0 Å². The standard InChI is InChI=1S/C12H23NO/c1-9-3-5-11(6-4-9)13-12-7-8-14-10(12)2/h9-13H,3-8H2,1-2H3. The first-order valence-corrected chi connectivity index (χ1v) is 6.13. The van der Waals surface area contributed by atoms with Crippen LogP contribution in [-0.2, 0) is 4.74 Å². The van der Waals surface area contributed by atoms with Gasteiger partial charge in [-0.15, -0.1) is 0 Å². The highest BCUT2D eigenvalue weighted by molar-refractivity contribution is 4.84. The van der Waals surface area contributed by atoms with Gasteiger partial charge in [-0.2, -0.15) is 0 Å². The van der Waals surface area contributed by atoms with Gasteiger partial charge >= 0.3 is 0 Å². The lowest BCUT2D eigenvalue weighted by molar-refractivity contribution is 0.108. The Morgan fingerprint density at radius 1 is 1.00 bits per heavy atom. The molecule has 2 heteroatoms. The highest BCUT2D eigenvalue weighted by Gasteiger charge is 2.27. The summed E-state index contributed by atoms with van der Waals surface area (Å²) in [7, 11) is 0. The Morgan fingerprint density at radius 3 is 2.29 bits per heavy atom. The molecule has 1 saturated carbocycles. The van der Waals surface area contributed by atoms with Gasteiger partial charge in [0, 0.05) is 18.7 Å². The molecule has 82 valence electrons. The maximum Gasteiger partial charge on any atom is 0.0700 e. The number of hydrogen-bond donors (Lipinski definition) is 1. The molecule has 2 atom stereocenters. The second kappa shape index (κ2) is 4.63. The molecule has 0 aromatic rings. The number of hydrogen-bond acceptors (Lipinski definition) is 2. The maximum atomic E-state index is 5.57. The summed E-state index contributed by atoms with van der Waals surface area (Å²) < 4.78 is 5.57. The molecule has 2 nitrogen and oxygen atoms in total. The molecule has 1 aliphatic heterocycles. The molecule has 2 rings (SSSR count). The van der Waals surface area contributed by atoms with Gasteiger partial charge in [0.15, 0.2) is 0 Å². The molecule has 2 fully saturated rings. The van der Waals surface area contributed by atoms with Crippen LogP contribution in [0.1, 0.15) is 46.0 Å². The Hall–Kier alpha value is -0.0800. The van der Waals surface area contributed by atoms with Crippen LogP contribution < -0.4 is 5.32 Å². The van der Waals surface area contributed by atoms with E-state index in [1.807, 2.05) is 0 Å². The van der Waals surface area contributed by atoms with Crippen LogP contribution in [0.5, 0.6) is 0 Å². The van der Waals surface area contributed by atoms with E-state index >= 15 is 0 Å². The summed E-state index contributed by atoms with van der Waals surface area (Å²) in [6.45, 7) is 5.51. The van der Waals surface area contributed by atoms with E-state index in [-0.39, 0.29) is 0 Å². The quantitative estimate of drug-likeness (QED) is 0.733. The summed E-state index contributed by atoms with van der Waals surface area (Å²) >= 11 is 0. The van der Waals surface area contributed by atoms with Crippen molar-refractivity contribution in [3.8, 4) is 0 Å². The fraction of sp³-hybridized carbons (Fsp3) is 1.00. The zero-order chi connectivity index (χ0) is 9.97. The molecule has 1 heterocycles. The van der Waals surface area contributed by atoms with Gasteiger partial charge in [0.1, 0.15) is 0 Å². The lowest BCUT2D eigenvalue weighted by Crippen LogP contribution is -2.43. The predicted octanol–water partition coefficient (Wildman–Crippen LogP) is 2.33. The summed E-state index contributed by atoms with van der Waals surface area (Å²) in [5.74, 6) is 0.949. The van der Waals surface area contributed by atoms with E-state index in [2.05, 4.69) is 19.2 Å². The second-order valence-electron chi connectivity index (χ2n) is 5.09. The van der Waals surface area contributed by atoms with Crippen LogP contribution >= 0.6 is 0 Å². The van der Waals surface area contributed by atoms with Crippen LogP contribution in [0.4, 0.5) is 0 Å². The van der Waals surface area contributed by atoms with Gasteiger partial charge < -0.3 is 10.1 Å². The molecule has 0 amide bonds. The minimum atomic E-state index is 0.425. The molecule has 0 aromatic heterocycles. The largest absolute Gasteiger partial charge is 0.377 e. The van der Waals surface area contributed by atoms with Gasteiger partial charge in [-0.05, 0) is 44.9 Å². The van der Waals surface area contributed by atoms with E-state index in [4.69, 9.17) is 4.74 Å². The number of nitrogens with one attached hydrogen (secondary N) is 1. The lowest BCUT2D eigenvalue weighted by Gasteiger charge is -2.30. The first-order chi connectivity index (χ1) is 6.75. The monoisotopic (exact) mass is 197 g/mol. The van der Waals surface area contributed by atoms with Crippen LogP contribution in [0.25, 0.3) is 0 Å². The SMILES string of the molecule is CC1CCC(NC2CCOC2C)CC1. The molecule has 1 N–H and O–H groups in total. The van der Waals surface area contributed by atoms with Crippen LogP contribution in [0.3, 0.4) is 0 Å². The van der Waals surface area contributed by atoms with E-state index in [1.165, 1.54) is 32.1 Å².